The van der Waals surface area contributed by atoms with Crippen LogP contribution in [0.15, 0.2) is 29.1 Å². The number of carbonyl (C=O) groups excluding carboxylic acids is 1. The summed E-state index contributed by atoms with van der Waals surface area (Å²) in [4.78, 5) is 23.1. The molecule has 1 unspecified atom stereocenters. The average Bonchev–Trinajstić information content (AvgIpc) is 2.98. The zero-order valence-electron chi connectivity index (χ0n) is 9.91. The lowest BCUT2D eigenvalue weighted by molar-refractivity contribution is -0.108. The molecule has 5 heteroatoms. The first-order chi connectivity index (χ1) is 8.83. The third-order valence-corrected chi connectivity index (χ3v) is 3.40. The molecule has 0 spiro atoms. The molecule has 0 N–H and O–H groups in total. The summed E-state index contributed by atoms with van der Waals surface area (Å²) in [6, 6.07) is 7.64. The van der Waals surface area contributed by atoms with Crippen molar-refractivity contribution in [3.63, 3.8) is 0 Å². The third-order valence-electron chi connectivity index (χ3n) is 3.40. The van der Waals surface area contributed by atoms with E-state index >= 15 is 0 Å². The number of ether oxygens (including phenoxy) is 1. The molecule has 1 aliphatic rings. The van der Waals surface area contributed by atoms with Gasteiger partial charge >= 0.3 is 5.69 Å². The van der Waals surface area contributed by atoms with E-state index in [0.29, 0.717) is 13.2 Å². The molecule has 18 heavy (non-hydrogen) atoms. The van der Waals surface area contributed by atoms with Crippen molar-refractivity contribution in [1.29, 1.82) is 0 Å². The maximum absolute atomic E-state index is 12.4. The van der Waals surface area contributed by atoms with Gasteiger partial charge in [0.1, 0.15) is 6.29 Å². The highest BCUT2D eigenvalue weighted by atomic mass is 16.5. The van der Waals surface area contributed by atoms with E-state index in [2.05, 4.69) is 0 Å². The van der Waals surface area contributed by atoms with E-state index in [0.717, 1.165) is 23.7 Å². The van der Waals surface area contributed by atoms with Crippen LogP contribution < -0.4 is 5.69 Å². The Labute approximate surface area is 104 Å². The molecule has 2 aromatic rings. The molecule has 1 aromatic carbocycles. The Kier molecular flexibility index (Phi) is 2.76. The molecule has 1 fully saturated rings. The largest absolute Gasteiger partial charge is 0.379 e. The minimum atomic E-state index is -0.126. The van der Waals surface area contributed by atoms with E-state index in [1.807, 2.05) is 24.3 Å². The second kappa shape index (κ2) is 4.42. The van der Waals surface area contributed by atoms with E-state index in [1.165, 1.54) is 4.57 Å². The summed E-state index contributed by atoms with van der Waals surface area (Å²) in [6.45, 7) is 1.35. The van der Waals surface area contributed by atoms with Gasteiger partial charge in [-0.15, -0.1) is 0 Å². The van der Waals surface area contributed by atoms with E-state index in [-0.39, 0.29) is 18.3 Å². The van der Waals surface area contributed by atoms with Gasteiger partial charge in [-0.25, -0.2) is 4.79 Å². The highest BCUT2D eigenvalue weighted by Crippen LogP contribution is 2.22. The minimum absolute atomic E-state index is 0.0790. The van der Waals surface area contributed by atoms with Gasteiger partial charge in [0.25, 0.3) is 0 Å². The quantitative estimate of drug-likeness (QED) is 0.758. The Morgan fingerprint density at radius 3 is 2.78 bits per heavy atom. The van der Waals surface area contributed by atoms with Gasteiger partial charge in [0.15, 0.2) is 0 Å². The fraction of sp³-hybridized carbons (Fsp3) is 0.385. The highest BCUT2D eigenvalue weighted by Gasteiger charge is 2.23. The van der Waals surface area contributed by atoms with Crippen LogP contribution in [0.1, 0.15) is 12.5 Å². The van der Waals surface area contributed by atoms with Gasteiger partial charge in [-0.05, 0) is 18.6 Å². The zero-order valence-corrected chi connectivity index (χ0v) is 9.91. The van der Waals surface area contributed by atoms with Crippen molar-refractivity contribution in [3.8, 4) is 0 Å². The van der Waals surface area contributed by atoms with Crippen LogP contribution in [-0.4, -0.2) is 28.6 Å². The number of para-hydroxylation sites is 2. The van der Waals surface area contributed by atoms with Crippen LogP contribution >= 0.6 is 0 Å². The Hall–Kier alpha value is -1.88. The Morgan fingerprint density at radius 2 is 2.11 bits per heavy atom. The summed E-state index contributed by atoms with van der Waals surface area (Å²) < 4.78 is 8.62. The van der Waals surface area contributed by atoms with Gasteiger partial charge < -0.3 is 9.53 Å². The summed E-state index contributed by atoms with van der Waals surface area (Å²) in [5.41, 5.74) is 1.56. The summed E-state index contributed by atoms with van der Waals surface area (Å²) in [5, 5.41) is 0. The number of hydrogen-bond acceptors (Lipinski definition) is 3. The van der Waals surface area contributed by atoms with Crippen LogP contribution in [-0.2, 0) is 16.1 Å². The topological polar surface area (TPSA) is 53.2 Å². The van der Waals surface area contributed by atoms with E-state index in [1.54, 1.807) is 4.57 Å². The fourth-order valence-electron chi connectivity index (χ4n) is 2.56. The number of fused-ring (bicyclic) bond motifs is 1. The van der Waals surface area contributed by atoms with Crippen molar-refractivity contribution in [2.24, 2.45) is 0 Å². The Bertz CT molecular complexity index is 635. The van der Waals surface area contributed by atoms with E-state index in [9.17, 15) is 9.59 Å². The lowest BCUT2D eigenvalue weighted by Gasteiger charge is -2.09. The molecule has 0 radical (unpaired) electrons. The minimum Gasteiger partial charge on any atom is -0.379 e. The molecule has 0 amide bonds. The van der Waals surface area contributed by atoms with Gasteiger partial charge in [-0.3, -0.25) is 9.13 Å². The van der Waals surface area contributed by atoms with Crippen LogP contribution in [0.25, 0.3) is 11.0 Å². The molecule has 94 valence electrons. The van der Waals surface area contributed by atoms with Crippen molar-refractivity contribution in [2.45, 2.75) is 19.0 Å². The molecule has 0 aliphatic carbocycles. The van der Waals surface area contributed by atoms with Crippen LogP contribution in [0.2, 0.25) is 0 Å². The molecule has 1 atom stereocenters. The molecule has 3 rings (SSSR count). The first-order valence-electron chi connectivity index (χ1n) is 6.04. The van der Waals surface area contributed by atoms with Crippen molar-refractivity contribution in [1.82, 2.24) is 9.13 Å². The summed E-state index contributed by atoms with van der Waals surface area (Å²) in [6.07, 6.45) is 1.60. The summed E-state index contributed by atoms with van der Waals surface area (Å²) in [7, 11) is 0. The van der Waals surface area contributed by atoms with Crippen molar-refractivity contribution < 1.29 is 9.53 Å². The maximum Gasteiger partial charge on any atom is 0.329 e. The number of aromatic nitrogens is 2. The molecule has 1 aliphatic heterocycles. The van der Waals surface area contributed by atoms with Crippen LogP contribution in [0.5, 0.6) is 0 Å². The monoisotopic (exact) mass is 246 g/mol. The van der Waals surface area contributed by atoms with Gasteiger partial charge in [-0.2, -0.15) is 0 Å². The van der Waals surface area contributed by atoms with Gasteiger partial charge in [0, 0.05) is 6.61 Å². The molecule has 0 saturated carbocycles. The second-order valence-electron chi connectivity index (χ2n) is 4.44. The molecular weight excluding hydrogens is 232 g/mol. The summed E-state index contributed by atoms with van der Waals surface area (Å²) >= 11 is 0. The number of rotatable bonds is 3. The van der Waals surface area contributed by atoms with E-state index in [4.69, 9.17) is 4.74 Å². The Morgan fingerprint density at radius 1 is 1.33 bits per heavy atom. The third kappa shape index (κ3) is 1.59. The van der Waals surface area contributed by atoms with Crippen molar-refractivity contribution >= 4 is 17.3 Å². The number of hydrogen-bond donors (Lipinski definition) is 0. The fourth-order valence-corrected chi connectivity index (χ4v) is 2.56. The van der Waals surface area contributed by atoms with Gasteiger partial charge in [-0.1, -0.05) is 12.1 Å². The van der Waals surface area contributed by atoms with Crippen LogP contribution in [0.4, 0.5) is 0 Å². The maximum atomic E-state index is 12.4. The lowest BCUT2D eigenvalue weighted by atomic mass is 10.2. The zero-order chi connectivity index (χ0) is 12.5. The highest BCUT2D eigenvalue weighted by molar-refractivity contribution is 5.77. The molecule has 2 heterocycles. The lowest BCUT2D eigenvalue weighted by Crippen LogP contribution is -2.28. The second-order valence-corrected chi connectivity index (χ2v) is 4.44. The molecule has 0 bridgehead atoms. The number of aldehydes is 1. The number of nitrogens with zero attached hydrogens (tertiary/aromatic N) is 2. The smallest absolute Gasteiger partial charge is 0.329 e. The first kappa shape index (κ1) is 11.2. The predicted octanol–water partition coefficient (Wildman–Crippen LogP) is 0.963. The molecular formula is C13H14N2O3. The average molecular weight is 246 g/mol. The normalized spacial score (nSPS) is 19.4. The predicted molar refractivity (Wildman–Crippen MR) is 66.7 cm³/mol. The number of benzene rings is 1. The number of carbonyl (C=O) groups is 1. The first-order valence-corrected chi connectivity index (χ1v) is 6.04. The van der Waals surface area contributed by atoms with Crippen molar-refractivity contribution in [2.75, 3.05) is 13.2 Å². The van der Waals surface area contributed by atoms with Crippen LogP contribution in [0, 0.1) is 0 Å². The van der Waals surface area contributed by atoms with Gasteiger partial charge in [0.05, 0.1) is 30.2 Å². The molecule has 1 aromatic heterocycles. The SMILES string of the molecule is O=CCn1c(=O)n(C2CCOC2)c2ccccc21. The van der Waals surface area contributed by atoms with E-state index < -0.39 is 0 Å². The van der Waals surface area contributed by atoms with Crippen LogP contribution in [0.3, 0.4) is 0 Å². The van der Waals surface area contributed by atoms with Crippen molar-refractivity contribution in [3.05, 3.63) is 34.7 Å². The Balaban J connectivity index is 2.26. The number of imidazole rings is 1. The summed E-state index contributed by atoms with van der Waals surface area (Å²) in [5.74, 6) is 0. The molecule has 5 nitrogen and oxygen atoms in total. The van der Waals surface area contributed by atoms with Gasteiger partial charge in [0.2, 0.25) is 0 Å². The standard InChI is InChI=1S/C13H14N2O3/c16-7-6-14-11-3-1-2-4-12(11)15(13(14)17)10-5-8-18-9-10/h1-4,7,10H,5-6,8-9H2. The molecule has 1 saturated heterocycles.